The molecule has 3 rings (SSSR count). The van der Waals surface area contributed by atoms with Crippen molar-refractivity contribution in [3.8, 4) is 0 Å². The molecule has 2 amide bonds. The lowest BCUT2D eigenvalue weighted by Crippen LogP contribution is -2.57. The van der Waals surface area contributed by atoms with Gasteiger partial charge < -0.3 is 20.5 Å². The average molecular weight is 396 g/mol. The van der Waals surface area contributed by atoms with E-state index < -0.39 is 23.5 Å². The van der Waals surface area contributed by atoms with E-state index in [1.54, 1.807) is 24.3 Å². The second kappa shape index (κ2) is 9.34. The van der Waals surface area contributed by atoms with Crippen LogP contribution in [0.25, 0.3) is 0 Å². The van der Waals surface area contributed by atoms with Gasteiger partial charge in [-0.3, -0.25) is 9.59 Å². The largest absolute Gasteiger partial charge is 0.480 e. The molecular formula is C22H24N2O5. The molecule has 1 aliphatic heterocycles. The van der Waals surface area contributed by atoms with Crippen molar-refractivity contribution < 1.29 is 24.2 Å². The summed E-state index contributed by atoms with van der Waals surface area (Å²) in [6.07, 6.45) is 0.347. The minimum Gasteiger partial charge on any atom is -0.480 e. The van der Waals surface area contributed by atoms with Crippen LogP contribution < -0.4 is 10.6 Å². The van der Waals surface area contributed by atoms with Crippen molar-refractivity contribution >= 4 is 17.8 Å². The normalized spacial score (nSPS) is 16.4. The zero-order valence-electron chi connectivity index (χ0n) is 16.0. The van der Waals surface area contributed by atoms with Gasteiger partial charge in [0.15, 0.2) is 0 Å². The summed E-state index contributed by atoms with van der Waals surface area (Å²) in [4.78, 5) is 37.2. The van der Waals surface area contributed by atoms with Crippen LogP contribution in [0, 0.1) is 0 Å². The Kier molecular flexibility index (Phi) is 6.61. The molecule has 7 nitrogen and oxygen atoms in total. The molecule has 29 heavy (non-hydrogen) atoms. The molecule has 1 heterocycles. The molecular weight excluding hydrogens is 372 g/mol. The lowest BCUT2D eigenvalue weighted by atomic mass is 9.89. The number of benzene rings is 2. The van der Waals surface area contributed by atoms with E-state index in [1.165, 1.54) is 0 Å². The highest BCUT2D eigenvalue weighted by atomic mass is 16.5. The van der Waals surface area contributed by atoms with E-state index in [2.05, 4.69) is 10.6 Å². The lowest BCUT2D eigenvalue weighted by molar-refractivity contribution is -0.152. The quantitative estimate of drug-likeness (QED) is 0.666. The number of ether oxygens (including phenoxy) is 1. The van der Waals surface area contributed by atoms with Crippen LogP contribution in [0.3, 0.4) is 0 Å². The molecule has 2 aromatic carbocycles. The van der Waals surface area contributed by atoms with Gasteiger partial charge in [0.05, 0.1) is 12.5 Å². The molecule has 0 radical (unpaired) electrons. The summed E-state index contributed by atoms with van der Waals surface area (Å²) in [5.41, 5.74) is -0.0800. The van der Waals surface area contributed by atoms with E-state index in [9.17, 15) is 19.5 Å². The molecule has 0 saturated carbocycles. The van der Waals surface area contributed by atoms with Crippen LogP contribution in [0.4, 0.5) is 0 Å². The first kappa shape index (κ1) is 20.5. The van der Waals surface area contributed by atoms with Gasteiger partial charge in [-0.15, -0.1) is 0 Å². The van der Waals surface area contributed by atoms with Crippen molar-refractivity contribution in [2.24, 2.45) is 0 Å². The van der Waals surface area contributed by atoms with Gasteiger partial charge in [0.2, 0.25) is 5.91 Å². The summed E-state index contributed by atoms with van der Waals surface area (Å²) in [7, 11) is 0. The molecule has 7 heteroatoms. The fourth-order valence-corrected chi connectivity index (χ4v) is 3.38. The van der Waals surface area contributed by atoms with Crippen LogP contribution >= 0.6 is 0 Å². The number of rotatable bonds is 7. The molecule has 0 aromatic heterocycles. The Morgan fingerprint density at radius 3 is 2.14 bits per heavy atom. The molecule has 152 valence electrons. The molecule has 0 aliphatic carbocycles. The Labute approximate surface area is 169 Å². The molecule has 0 spiro atoms. The van der Waals surface area contributed by atoms with Crippen molar-refractivity contribution in [2.75, 3.05) is 13.2 Å². The standard InChI is InChI=1S/C22H24N2O5/c25-19(24-22(21(27)28)11-13-29-14-12-22)15-18(16-7-3-1-4-8-16)23-20(26)17-9-5-2-6-10-17/h1-10,18H,11-15H2,(H,23,26)(H,24,25)(H,27,28). The Morgan fingerprint density at radius 2 is 1.55 bits per heavy atom. The Hall–Kier alpha value is -3.19. The first-order valence-electron chi connectivity index (χ1n) is 9.53. The Balaban J connectivity index is 1.75. The molecule has 1 atom stereocenters. The van der Waals surface area contributed by atoms with Gasteiger partial charge in [0.25, 0.3) is 5.91 Å². The molecule has 2 aromatic rings. The maximum absolute atomic E-state index is 12.8. The summed E-state index contributed by atoms with van der Waals surface area (Å²) in [6.45, 7) is 0.554. The summed E-state index contributed by atoms with van der Waals surface area (Å²) in [6, 6.07) is 17.3. The first-order valence-corrected chi connectivity index (χ1v) is 9.53. The summed E-state index contributed by atoms with van der Waals surface area (Å²) in [5, 5.41) is 15.2. The average Bonchev–Trinajstić information content (AvgIpc) is 2.75. The van der Waals surface area contributed by atoms with E-state index in [0.29, 0.717) is 5.56 Å². The second-order valence-electron chi connectivity index (χ2n) is 7.05. The third-order valence-corrected chi connectivity index (χ3v) is 5.07. The predicted molar refractivity (Wildman–Crippen MR) is 106 cm³/mol. The van der Waals surface area contributed by atoms with Crippen LogP contribution in [0.5, 0.6) is 0 Å². The van der Waals surface area contributed by atoms with Gasteiger partial charge in [0.1, 0.15) is 5.54 Å². The highest BCUT2D eigenvalue weighted by Gasteiger charge is 2.41. The van der Waals surface area contributed by atoms with Crippen molar-refractivity contribution in [3.63, 3.8) is 0 Å². The zero-order valence-corrected chi connectivity index (χ0v) is 16.0. The molecule has 1 unspecified atom stereocenters. The fraction of sp³-hybridized carbons (Fsp3) is 0.318. The van der Waals surface area contributed by atoms with Gasteiger partial charge in [-0.05, 0) is 17.7 Å². The fourth-order valence-electron chi connectivity index (χ4n) is 3.38. The first-order chi connectivity index (χ1) is 14.0. The van der Waals surface area contributed by atoms with Crippen LogP contribution in [-0.4, -0.2) is 41.6 Å². The number of carbonyl (C=O) groups is 3. The Morgan fingerprint density at radius 1 is 0.966 bits per heavy atom. The molecule has 0 bridgehead atoms. The third-order valence-electron chi connectivity index (χ3n) is 5.07. The highest BCUT2D eigenvalue weighted by molar-refractivity contribution is 5.95. The lowest BCUT2D eigenvalue weighted by Gasteiger charge is -2.34. The number of carboxylic acids is 1. The summed E-state index contributed by atoms with van der Waals surface area (Å²) < 4.78 is 5.24. The van der Waals surface area contributed by atoms with Crippen LogP contribution in [0.2, 0.25) is 0 Å². The number of carboxylic acid groups (broad SMARTS) is 1. The second-order valence-corrected chi connectivity index (χ2v) is 7.05. The van der Waals surface area contributed by atoms with E-state index in [1.807, 2.05) is 36.4 Å². The number of hydrogen-bond acceptors (Lipinski definition) is 4. The predicted octanol–water partition coefficient (Wildman–Crippen LogP) is 2.30. The van der Waals surface area contributed by atoms with E-state index in [0.717, 1.165) is 5.56 Å². The number of aliphatic carboxylic acids is 1. The van der Waals surface area contributed by atoms with Gasteiger partial charge in [0, 0.05) is 31.6 Å². The minimum atomic E-state index is -1.33. The summed E-state index contributed by atoms with van der Waals surface area (Å²) in [5.74, 6) is -1.80. The molecule has 1 fully saturated rings. The number of carbonyl (C=O) groups excluding carboxylic acids is 2. The van der Waals surface area contributed by atoms with Crippen LogP contribution in [0.1, 0.15) is 41.2 Å². The van der Waals surface area contributed by atoms with Gasteiger partial charge in [-0.25, -0.2) is 4.79 Å². The molecule has 1 aliphatic rings. The van der Waals surface area contributed by atoms with Crippen LogP contribution in [-0.2, 0) is 14.3 Å². The highest BCUT2D eigenvalue weighted by Crippen LogP contribution is 2.23. The van der Waals surface area contributed by atoms with Crippen molar-refractivity contribution in [2.45, 2.75) is 30.8 Å². The van der Waals surface area contributed by atoms with Crippen molar-refractivity contribution in [1.82, 2.24) is 10.6 Å². The number of hydrogen-bond donors (Lipinski definition) is 3. The maximum Gasteiger partial charge on any atom is 0.329 e. The Bertz CT molecular complexity index is 848. The monoisotopic (exact) mass is 396 g/mol. The summed E-state index contributed by atoms with van der Waals surface area (Å²) >= 11 is 0. The minimum absolute atomic E-state index is 0.0710. The molecule has 1 saturated heterocycles. The smallest absolute Gasteiger partial charge is 0.329 e. The van der Waals surface area contributed by atoms with E-state index in [4.69, 9.17) is 4.74 Å². The van der Waals surface area contributed by atoms with Crippen molar-refractivity contribution in [3.05, 3.63) is 71.8 Å². The maximum atomic E-state index is 12.8. The number of amides is 2. The molecule has 3 N–H and O–H groups in total. The topological polar surface area (TPSA) is 105 Å². The van der Waals surface area contributed by atoms with E-state index >= 15 is 0 Å². The van der Waals surface area contributed by atoms with Crippen LogP contribution in [0.15, 0.2) is 60.7 Å². The van der Waals surface area contributed by atoms with Gasteiger partial charge in [-0.2, -0.15) is 0 Å². The SMILES string of the molecule is O=C(CC(NC(=O)c1ccccc1)c1ccccc1)NC1(C(=O)O)CCOCC1. The zero-order chi connectivity index (χ0) is 20.7. The van der Waals surface area contributed by atoms with Gasteiger partial charge >= 0.3 is 5.97 Å². The van der Waals surface area contributed by atoms with Crippen molar-refractivity contribution in [1.29, 1.82) is 0 Å². The number of nitrogens with one attached hydrogen (secondary N) is 2. The third kappa shape index (κ3) is 5.20. The van der Waals surface area contributed by atoms with Gasteiger partial charge in [-0.1, -0.05) is 48.5 Å². The van der Waals surface area contributed by atoms with E-state index in [-0.39, 0.29) is 38.4 Å².